The number of fused-ring (bicyclic) bond motifs is 1. The van der Waals surface area contributed by atoms with Gasteiger partial charge in [0.2, 0.25) is 0 Å². The summed E-state index contributed by atoms with van der Waals surface area (Å²) in [5.41, 5.74) is 5.78. The molecule has 0 amide bonds. The molecule has 3 unspecified atom stereocenters. The second-order valence-electron chi connectivity index (χ2n) is 14.8. The van der Waals surface area contributed by atoms with Gasteiger partial charge in [0.05, 0.1) is 18.9 Å². The van der Waals surface area contributed by atoms with Gasteiger partial charge in [-0.3, -0.25) is 0 Å². The third-order valence-corrected chi connectivity index (χ3v) is 18.5. The Bertz CT molecular complexity index is 1240. The van der Waals surface area contributed by atoms with Gasteiger partial charge in [0.15, 0.2) is 14.5 Å². The van der Waals surface area contributed by atoms with E-state index in [-0.39, 0.29) is 11.9 Å². The van der Waals surface area contributed by atoms with E-state index in [4.69, 9.17) is 19.2 Å². The van der Waals surface area contributed by atoms with Gasteiger partial charge < -0.3 is 18.4 Å². The van der Waals surface area contributed by atoms with Crippen LogP contribution in [0.2, 0.25) is 16.6 Å². The number of rotatable bonds is 9. The van der Waals surface area contributed by atoms with Gasteiger partial charge in [-0.2, -0.15) is 0 Å². The van der Waals surface area contributed by atoms with Crippen molar-refractivity contribution in [2.24, 2.45) is 23.7 Å². The zero-order valence-electron chi connectivity index (χ0n) is 26.9. The second-order valence-corrected chi connectivity index (χ2v) is 20.5. The van der Waals surface area contributed by atoms with E-state index in [9.17, 15) is 0 Å². The molecule has 3 atom stereocenters. The number of allylic oxidation sites excluding steroid dienone is 2. The molecule has 1 aliphatic heterocycles. The van der Waals surface area contributed by atoms with Crippen molar-refractivity contribution in [1.82, 2.24) is 9.22 Å². The maximum Gasteiger partial charge on any atom is 0.171 e. The van der Waals surface area contributed by atoms with Gasteiger partial charge in [-0.15, -0.1) is 0 Å². The van der Waals surface area contributed by atoms with Gasteiger partial charge in [-0.05, 0) is 116 Å². The lowest BCUT2D eigenvalue weighted by Gasteiger charge is -2.60. The van der Waals surface area contributed by atoms with Crippen molar-refractivity contribution in [2.75, 3.05) is 13.7 Å². The third-order valence-electron chi connectivity index (χ3n) is 11.8. The molecule has 1 saturated heterocycles. The Balaban J connectivity index is 1.40. The van der Waals surface area contributed by atoms with Crippen molar-refractivity contribution in [2.45, 2.75) is 128 Å². The standard InChI is InChI=1S/C35H54N2O3Si/c1-9-28(32-26-16-25-17-27(32)20-35(18-25,19-26)40-31-12-10-11-15-39-31)33-29-13-14-37(34(29)36-21-30(33)38-8)41(22(2)3,23(4)5)24(6)7/h9,13-14,21-27,31-32H,10-12,15-20H2,1-8H3. The van der Waals surface area contributed by atoms with E-state index >= 15 is 0 Å². The summed E-state index contributed by atoms with van der Waals surface area (Å²) in [5, 5.41) is 1.27. The van der Waals surface area contributed by atoms with Crippen LogP contribution in [0.4, 0.5) is 0 Å². The summed E-state index contributed by atoms with van der Waals surface area (Å²) in [6, 6.07) is 2.36. The Morgan fingerprint density at radius 1 is 1.05 bits per heavy atom. The molecule has 4 saturated carbocycles. The lowest BCUT2D eigenvalue weighted by atomic mass is 9.48. The highest BCUT2D eigenvalue weighted by Gasteiger charge is 2.58. The van der Waals surface area contributed by atoms with Crippen molar-refractivity contribution in [3.05, 3.63) is 30.1 Å². The molecule has 7 rings (SSSR count). The highest BCUT2D eigenvalue weighted by Crippen LogP contribution is 2.63. The van der Waals surface area contributed by atoms with Gasteiger partial charge in [0, 0.05) is 17.6 Å². The first-order valence-corrected chi connectivity index (χ1v) is 18.8. The SMILES string of the molecule is CC=C(c1c(OC)cnc2c1ccn2[Si](C(C)C)(C(C)C)C(C)C)C1C2CC3CC1CC(OC1CCCCO1)(C3)C2. The summed E-state index contributed by atoms with van der Waals surface area (Å²) in [6.07, 6.45) is 16.5. The quantitative estimate of drug-likeness (QED) is 0.278. The minimum absolute atomic E-state index is 0.00613. The summed E-state index contributed by atoms with van der Waals surface area (Å²) in [4.78, 5) is 5.13. The van der Waals surface area contributed by atoms with Crippen molar-refractivity contribution in [3.63, 3.8) is 0 Å². The Morgan fingerprint density at radius 3 is 2.29 bits per heavy atom. The number of aromatic nitrogens is 2. The van der Waals surface area contributed by atoms with Gasteiger partial charge >= 0.3 is 0 Å². The van der Waals surface area contributed by atoms with Crippen LogP contribution < -0.4 is 4.74 Å². The third kappa shape index (κ3) is 4.66. The summed E-state index contributed by atoms with van der Waals surface area (Å²) in [7, 11) is -0.128. The number of hydrogen-bond acceptors (Lipinski definition) is 4. The van der Waals surface area contributed by atoms with Crippen LogP contribution >= 0.6 is 0 Å². The lowest BCUT2D eigenvalue weighted by Crippen LogP contribution is -2.57. The van der Waals surface area contributed by atoms with Crippen LogP contribution in [0.1, 0.15) is 105 Å². The van der Waals surface area contributed by atoms with Crippen LogP contribution in [0.5, 0.6) is 5.75 Å². The molecular formula is C35H54N2O3Si. The molecule has 0 aromatic carbocycles. The predicted octanol–water partition coefficient (Wildman–Crippen LogP) is 9.21. The zero-order chi connectivity index (χ0) is 29.1. The van der Waals surface area contributed by atoms with E-state index < -0.39 is 8.24 Å². The number of pyridine rings is 1. The van der Waals surface area contributed by atoms with E-state index in [1.54, 1.807) is 0 Å². The fraction of sp³-hybridized carbons (Fsp3) is 0.743. The van der Waals surface area contributed by atoms with Crippen molar-refractivity contribution in [3.8, 4) is 5.75 Å². The average molecular weight is 579 g/mol. The van der Waals surface area contributed by atoms with Crippen LogP contribution in [0, 0.1) is 23.7 Å². The predicted molar refractivity (Wildman–Crippen MR) is 171 cm³/mol. The molecule has 41 heavy (non-hydrogen) atoms. The van der Waals surface area contributed by atoms with Crippen LogP contribution in [0.25, 0.3) is 16.6 Å². The van der Waals surface area contributed by atoms with Crippen LogP contribution in [0.3, 0.4) is 0 Å². The normalized spacial score (nSPS) is 32.2. The van der Waals surface area contributed by atoms with Crippen molar-refractivity contribution >= 4 is 24.8 Å². The highest BCUT2D eigenvalue weighted by molar-refractivity contribution is 6.82. The largest absolute Gasteiger partial charge is 0.494 e. The summed E-state index contributed by atoms with van der Waals surface area (Å²) in [6.45, 7) is 17.7. The molecule has 5 nitrogen and oxygen atoms in total. The fourth-order valence-electron chi connectivity index (χ4n) is 10.9. The van der Waals surface area contributed by atoms with Gasteiger partial charge in [-0.25, -0.2) is 4.98 Å². The molecule has 3 heterocycles. The summed E-state index contributed by atoms with van der Waals surface area (Å²) < 4.78 is 21.7. The molecule has 226 valence electrons. The monoisotopic (exact) mass is 578 g/mol. The molecule has 0 radical (unpaired) electrons. The summed E-state index contributed by atoms with van der Waals surface area (Å²) >= 11 is 0. The Hall–Kier alpha value is -1.63. The molecule has 2 aromatic heterocycles. The first-order valence-electron chi connectivity index (χ1n) is 16.7. The number of methoxy groups -OCH3 is 1. The number of hydrogen-bond donors (Lipinski definition) is 0. The van der Waals surface area contributed by atoms with E-state index in [0.29, 0.717) is 34.4 Å². The molecule has 5 aliphatic rings. The van der Waals surface area contributed by atoms with Crippen LogP contribution in [0.15, 0.2) is 24.5 Å². The summed E-state index contributed by atoms with van der Waals surface area (Å²) in [5.74, 6) is 3.57. The van der Waals surface area contributed by atoms with Gasteiger partial charge in [0.1, 0.15) is 11.4 Å². The maximum atomic E-state index is 6.91. The van der Waals surface area contributed by atoms with E-state index in [1.807, 2.05) is 13.3 Å². The highest BCUT2D eigenvalue weighted by atomic mass is 28.3. The topological polar surface area (TPSA) is 45.5 Å². The second kappa shape index (κ2) is 11.1. The molecule has 4 bridgehead atoms. The van der Waals surface area contributed by atoms with E-state index in [0.717, 1.165) is 30.3 Å². The van der Waals surface area contributed by atoms with Gasteiger partial charge in [-0.1, -0.05) is 47.6 Å². The lowest BCUT2D eigenvalue weighted by molar-refractivity contribution is -0.269. The first-order chi connectivity index (χ1) is 19.6. The van der Waals surface area contributed by atoms with Crippen molar-refractivity contribution < 1.29 is 14.2 Å². The van der Waals surface area contributed by atoms with E-state index in [2.05, 4.69) is 71.0 Å². The van der Waals surface area contributed by atoms with Gasteiger partial charge in [0.25, 0.3) is 0 Å². The average Bonchev–Trinajstić information content (AvgIpc) is 3.34. The molecular weight excluding hydrogens is 524 g/mol. The smallest absolute Gasteiger partial charge is 0.171 e. The Labute approximate surface area is 249 Å². The van der Waals surface area contributed by atoms with E-state index in [1.165, 1.54) is 61.5 Å². The number of ether oxygens (including phenoxy) is 3. The molecule has 0 N–H and O–H groups in total. The molecule has 6 heteroatoms. The minimum atomic E-state index is -1.94. The van der Waals surface area contributed by atoms with Crippen LogP contribution in [-0.2, 0) is 9.47 Å². The zero-order valence-corrected chi connectivity index (χ0v) is 27.9. The molecule has 2 aromatic rings. The molecule has 4 aliphatic carbocycles. The number of nitrogens with zero attached hydrogens (tertiary/aromatic N) is 2. The fourth-order valence-corrected chi connectivity index (χ4v) is 17.4. The Kier molecular flexibility index (Phi) is 7.99. The minimum Gasteiger partial charge on any atom is -0.494 e. The Morgan fingerprint density at radius 2 is 1.73 bits per heavy atom. The molecule has 5 fully saturated rings. The van der Waals surface area contributed by atoms with Crippen LogP contribution in [-0.4, -0.2) is 43.1 Å². The van der Waals surface area contributed by atoms with Crippen molar-refractivity contribution in [1.29, 1.82) is 0 Å². The maximum absolute atomic E-state index is 6.91. The molecule has 0 spiro atoms. The first kappa shape index (κ1) is 29.4.